The van der Waals surface area contributed by atoms with E-state index in [2.05, 4.69) is 19.9 Å². The van der Waals surface area contributed by atoms with Crippen LogP contribution in [0.25, 0.3) is 22.8 Å². The molecular formula is C21H10F4N4OPt. The van der Waals surface area contributed by atoms with Crippen molar-refractivity contribution < 1.29 is 43.4 Å². The molecule has 0 aliphatic heterocycles. The van der Waals surface area contributed by atoms with Crippen LogP contribution in [-0.4, -0.2) is 25.7 Å². The van der Waals surface area contributed by atoms with Gasteiger partial charge in [-0.05, 0) is 24.3 Å². The molecule has 0 aromatic carbocycles. The number of pyridine rings is 4. The molecule has 4 heterocycles. The Labute approximate surface area is 187 Å². The number of ketones is 1. The third-order valence-electron chi connectivity index (χ3n) is 4.06. The van der Waals surface area contributed by atoms with Crippen LogP contribution < -0.4 is 0 Å². The number of aromatic nitrogens is 4. The molecule has 0 aliphatic rings. The van der Waals surface area contributed by atoms with E-state index >= 15 is 0 Å². The summed E-state index contributed by atoms with van der Waals surface area (Å²) < 4.78 is 54.1. The van der Waals surface area contributed by atoms with Crippen LogP contribution in [0, 0.1) is 23.3 Å². The first-order valence-electron chi connectivity index (χ1n) is 8.54. The van der Waals surface area contributed by atoms with Gasteiger partial charge in [0.05, 0.1) is 23.8 Å². The van der Waals surface area contributed by atoms with Gasteiger partial charge in [0.2, 0.25) is 5.78 Å². The molecule has 4 aromatic heterocycles. The van der Waals surface area contributed by atoms with Crippen molar-refractivity contribution in [3.63, 3.8) is 0 Å². The molecular weight excluding hydrogens is 595 g/mol. The van der Waals surface area contributed by atoms with Gasteiger partial charge in [-0.2, -0.15) is 0 Å². The molecule has 0 spiro atoms. The normalized spacial score (nSPS) is 10.5. The van der Waals surface area contributed by atoms with Gasteiger partial charge in [-0.3, -0.25) is 4.79 Å². The molecule has 0 unspecified atom stereocenters. The summed E-state index contributed by atoms with van der Waals surface area (Å²) in [6.07, 6.45) is 1.67. The number of carbonyl (C=O) groups excluding carboxylic acids is 1. The number of halogens is 4. The van der Waals surface area contributed by atoms with Crippen LogP contribution in [0.4, 0.5) is 17.6 Å². The van der Waals surface area contributed by atoms with Crippen LogP contribution in [0.5, 0.6) is 0 Å². The Morgan fingerprint density at radius 2 is 1.10 bits per heavy atom. The van der Waals surface area contributed by atoms with E-state index in [1.807, 2.05) is 0 Å². The fraction of sp³-hybridized carbons (Fsp3) is 0. The maximum Gasteiger partial charge on any atom is 0.229 e. The Bertz CT molecular complexity index is 1190. The standard InChI is InChI=1S/C21H10F4N4O.Pt/c22-11-7-13(24)19(26-9-11)15-3-1-5-17(28-15)21(30)18-6-2-4-16(29-18)20-14(25)8-12(23)10-27-20;/h1-10H;. The molecule has 4 aromatic rings. The van der Waals surface area contributed by atoms with Crippen LogP contribution in [0.3, 0.4) is 0 Å². The summed E-state index contributed by atoms with van der Waals surface area (Å²) >= 11 is 0. The van der Waals surface area contributed by atoms with E-state index in [-0.39, 0.29) is 55.2 Å². The maximum atomic E-state index is 14.0. The van der Waals surface area contributed by atoms with Crippen molar-refractivity contribution in [3.8, 4) is 22.8 Å². The minimum atomic E-state index is -0.926. The van der Waals surface area contributed by atoms with Crippen LogP contribution in [-0.2, 0) is 21.1 Å². The molecule has 0 aliphatic carbocycles. The van der Waals surface area contributed by atoms with E-state index < -0.39 is 29.1 Å². The van der Waals surface area contributed by atoms with E-state index in [0.717, 1.165) is 12.4 Å². The number of rotatable bonds is 4. The van der Waals surface area contributed by atoms with E-state index in [1.54, 1.807) is 0 Å². The van der Waals surface area contributed by atoms with Crippen LogP contribution in [0.1, 0.15) is 16.2 Å². The maximum absolute atomic E-state index is 14.0. The molecule has 10 heteroatoms. The molecule has 0 saturated heterocycles. The van der Waals surface area contributed by atoms with Crippen molar-refractivity contribution in [3.05, 3.63) is 95.6 Å². The van der Waals surface area contributed by atoms with Gasteiger partial charge in [-0.1, -0.05) is 12.1 Å². The summed E-state index contributed by atoms with van der Waals surface area (Å²) in [6.45, 7) is 0. The molecule has 0 N–H and O–H groups in total. The quantitative estimate of drug-likeness (QED) is 0.255. The van der Waals surface area contributed by atoms with E-state index in [9.17, 15) is 22.4 Å². The second kappa shape index (κ2) is 9.22. The predicted octanol–water partition coefficient (Wildman–Crippen LogP) is 4.39. The molecule has 5 nitrogen and oxygen atoms in total. The molecule has 0 fully saturated rings. The minimum absolute atomic E-state index is 0. The first-order valence-corrected chi connectivity index (χ1v) is 8.54. The second-order valence-corrected chi connectivity index (χ2v) is 6.11. The zero-order chi connectivity index (χ0) is 21.3. The largest absolute Gasteiger partial charge is 0.285 e. The van der Waals surface area contributed by atoms with Crippen LogP contribution in [0.15, 0.2) is 60.9 Å². The Morgan fingerprint density at radius 3 is 1.48 bits per heavy atom. The molecule has 0 atom stereocenters. The first kappa shape index (κ1) is 22.4. The fourth-order valence-corrected chi connectivity index (χ4v) is 2.72. The molecule has 0 saturated carbocycles. The molecule has 0 radical (unpaired) electrons. The van der Waals surface area contributed by atoms with Gasteiger partial charge < -0.3 is 0 Å². The number of hydrogen-bond donors (Lipinski definition) is 0. The van der Waals surface area contributed by atoms with Crippen molar-refractivity contribution in [2.45, 2.75) is 0 Å². The molecule has 31 heavy (non-hydrogen) atoms. The monoisotopic (exact) mass is 605 g/mol. The Balaban J connectivity index is 0.00000272. The van der Waals surface area contributed by atoms with Crippen molar-refractivity contribution >= 4 is 5.78 Å². The zero-order valence-corrected chi connectivity index (χ0v) is 17.6. The van der Waals surface area contributed by atoms with Gasteiger partial charge in [-0.25, -0.2) is 37.5 Å². The second-order valence-electron chi connectivity index (χ2n) is 6.11. The topological polar surface area (TPSA) is 68.6 Å². The van der Waals surface area contributed by atoms with Crippen molar-refractivity contribution in [2.75, 3.05) is 0 Å². The van der Waals surface area contributed by atoms with Gasteiger partial charge in [0.1, 0.15) is 34.4 Å². The van der Waals surface area contributed by atoms with Crippen LogP contribution in [0.2, 0.25) is 0 Å². The summed E-state index contributed by atoms with van der Waals surface area (Å²) in [5, 5.41) is 0. The summed E-state index contributed by atoms with van der Waals surface area (Å²) in [7, 11) is 0. The smallest absolute Gasteiger partial charge is 0.229 e. The molecule has 158 valence electrons. The summed E-state index contributed by atoms with van der Waals surface area (Å²) in [6, 6.07) is 9.86. The van der Waals surface area contributed by atoms with Crippen molar-refractivity contribution in [1.82, 2.24) is 19.9 Å². The predicted molar refractivity (Wildman–Crippen MR) is 98.2 cm³/mol. The molecule has 4 rings (SSSR count). The zero-order valence-electron chi connectivity index (χ0n) is 15.3. The third-order valence-corrected chi connectivity index (χ3v) is 4.06. The van der Waals surface area contributed by atoms with E-state index in [0.29, 0.717) is 12.1 Å². The SMILES string of the molecule is O=C(c1cccc(-c2ncc(F)cc2F)n1)c1cccc(-c2ncc(F)cc2F)n1.[Pt]. The third kappa shape index (κ3) is 4.72. The molecule has 0 amide bonds. The Hall–Kier alpha value is -3.32. The van der Waals surface area contributed by atoms with Crippen molar-refractivity contribution in [2.24, 2.45) is 0 Å². The molecule has 0 bridgehead atoms. The van der Waals surface area contributed by atoms with E-state index in [1.165, 1.54) is 36.4 Å². The number of hydrogen-bond acceptors (Lipinski definition) is 5. The number of carbonyl (C=O) groups is 1. The van der Waals surface area contributed by atoms with E-state index in [4.69, 9.17) is 0 Å². The summed E-state index contributed by atoms with van der Waals surface area (Å²) in [5.74, 6) is -4.16. The first-order chi connectivity index (χ1) is 14.4. The fourth-order valence-electron chi connectivity index (χ4n) is 2.72. The summed E-state index contributed by atoms with van der Waals surface area (Å²) in [4.78, 5) is 28.3. The van der Waals surface area contributed by atoms with Gasteiger partial charge in [0.25, 0.3) is 0 Å². The van der Waals surface area contributed by atoms with Crippen LogP contribution >= 0.6 is 0 Å². The van der Waals surface area contributed by atoms with Gasteiger partial charge >= 0.3 is 0 Å². The summed E-state index contributed by atoms with van der Waals surface area (Å²) in [5.41, 5.74) is -0.525. The Morgan fingerprint density at radius 1 is 0.677 bits per heavy atom. The number of nitrogens with zero attached hydrogens (tertiary/aromatic N) is 4. The Kier molecular flexibility index (Phi) is 6.65. The average molecular weight is 605 g/mol. The van der Waals surface area contributed by atoms with Gasteiger partial charge in [0, 0.05) is 33.2 Å². The van der Waals surface area contributed by atoms with Gasteiger partial charge in [-0.15, -0.1) is 0 Å². The van der Waals surface area contributed by atoms with Gasteiger partial charge in [0.15, 0.2) is 11.6 Å². The minimum Gasteiger partial charge on any atom is -0.285 e. The average Bonchev–Trinajstić information content (AvgIpc) is 2.73. The van der Waals surface area contributed by atoms with Crippen molar-refractivity contribution in [1.29, 1.82) is 0 Å².